The van der Waals surface area contributed by atoms with Gasteiger partial charge in [0.1, 0.15) is 0 Å². The second-order valence-corrected chi connectivity index (χ2v) is 9.29. The molecule has 4 aromatic carbocycles. The Morgan fingerprint density at radius 3 is 2.18 bits per heavy atom. The summed E-state index contributed by atoms with van der Waals surface area (Å²) in [5, 5.41) is 10.0. The van der Waals surface area contributed by atoms with Crippen LogP contribution in [0.4, 0.5) is 5.69 Å². The van der Waals surface area contributed by atoms with Crippen molar-refractivity contribution in [1.29, 1.82) is 0 Å². The number of nitrogens with one attached hydrogen (secondary N) is 1. The van der Waals surface area contributed by atoms with E-state index in [0.717, 1.165) is 54.4 Å². The molecular formula is C29H31N3O2. The lowest BCUT2D eigenvalue weighted by atomic mass is 9.96. The summed E-state index contributed by atoms with van der Waals surface area (Å²) in [5.74, 6) is 0.206. The summed E-state index contributed by atoms with van der Waals surface area (Å²) in [6, 6.07) is 23.0. The fraction of sp³-hybridized carbons (Fsp3) is 0.310. The molecule has 0 aromatic heterocycles. The van der Waals surface area contributed by atoms with Gasteiger partial charge in [0.15, 0.2) is 0 Å². The number of hydrogen-bond acceptors (Lipinski definition) is 3. The summed E-state index contributed by atoms with van der Waals surface area (Å²) in [5.41, 5.74) is 0.845. The van der Waals surface area contributed by atoms with Gasteiger partial charge >= 0.3 is 0 Å². The molecule has 0 unspecified atom stereocenters. The molecule has 0 saturated carbocycles. The summed E-state index contributed by atoms with van der Waals surface area (Å²) in [6.45, 7) is 3.48. The van der Waals surface area contributed by atoms with Gasteiger partial charge in [-0.2, -0.15) is 0 Å². The van der Waals surface area contributed by atoms with E-state index in [1.807, 2.05) is 23.1 Å². The average molecular weight is 454 g/mol. The molecule has 2 amide bonds. The van der Waals surface area contributed by atoms with Gasteiger partial charge < -0.3 is 15.1 Å². The molecule has 1 saturated heterocycles. The molecule has 0 spiro atoms. The van der Waals surface area contributed by atoms with Crippen LogP contribution >= 0.6 is 0 Å². The Bertz CT molecular complexity index is 1360. The quantitative estimate of drug-likeness (QED) is 0.313. The molecule has 0 radical (unpaired) electrons. The third-order valence-electron chi connectivity index (χ3n) is 6.94. The maximum atomic E-state index is 12.8. The highest BCUT2D eigenvalue weighted by Gasteiger charge is 2.18. The van der Waals surface area contributed by atoms with E-state index < -0.39 is 0 Å². The molecule has 0 atom stereocenters. The number of piperazine rings is 1. The summed E-state index contributed by atoms with van der Waals surface area (Å²) in [4.78, 5) is 29.4. The molecule has 5 heteroatoms. The van der Waals surface area contributed by atoms with Crippen molar-refractivity contribution < 1.29 is 9.59 Å². The fourth-order valence-electron chi connectivity index (χ4n) is 4.95. The van der Waals surface area contributed by atoms with Crippen LogP contribution in [-0.2, 0) is 9.59 Å². The molecule has 1 fully saturated rings. The van der Waals surface area contributed by atoms with Crippen molar-refractivity contribution in [3.63, 3.8) is 0 Å². The monoisotopic (exact) mass is 453 g/mol. The maximum Gasteiger partial charge on any atom is 0.224 e. The molecular weight excluding hydrogens is 422 g/mol. The van der Waals surface area contributed by atoms with Crippen molar-refractivity contribution in [2.75, 3.05) is 38.5 Å². The van der Waals surface area contributed by atoms with Crippen LogP contribution in [0, 0.1) is 0 Å². The molecule has 1 aliphatic rings. The number of likely N-dealkylation sites (N-methyl/N-ethyl adjacent to an activating group) is 1. The van der Waals surface area contributed by atoms with Gasteiger partial charge in [-0.3, -0.25) is 9.59 Å². The second-order valence-electron chi connectivity index (χ2n) is 9.29. The van der Waals surface area contributed by atoms with Gasteiger partial charge in [-0.1, -0.05) is 60.7 Å². The van der Waals surface area contributed by atoms with E-state index in [-0.39, 0.29) is 11.8 Å². The highest BCUT2D eigenvalue weighted by Crippen LogP contribution is 2.35. The average Bonchev–Trinajstić information content (AvgIpc) is 2.87. The van der Waals surface area contributed by atoms with Crippen LogP contribution in [0.2, 0.25) is 0 Å². The van der Waals surface area contributed by atoms with E-state index in [4.69, 9.17) is 0 Å². The zero-order chi connectivity index (χ0) is 23.5. The number of amides is 2. The Balaban J connectivity index is 1.28. The molecule has 1 aliphatic heterocycles. The van der Waals surface area contributed by atoms with Crippen LogP contribution in [0.25, 0.3) is 32.3 Å². The predicted molar refractivity (Wildman–Crippen MR) is 140 cm³/mol. The minimum absolute atomic E-state index is 0.00298. The minimum Gasteiger partial charge on any atom is -0.340 e. The molecule has 1 heterocycles. The van der Waals surface area contributed by atoms with E-state index >= 15 is 0 Å². The van der Waals surface area contributed by atoms with E-state index in [1.54, 1.807) is 0 Å². The SMILES string of the molecule is CN1CCN(C(=O)CCCCC(=O)Nc2cc3c4ccccc4ccc3c3ccccc23)CC1. The van der Waals surface area contributed by atoms with Gasteiger partial charge in [-0.05, 0) is 52.9 Å². The molecule has 5 rings (SSSR count). The van der Waals surface area contributed by atoms with Crippen molar-refractivity contribution in [2.24, 2.45) is 0 Å². The fourth-order valence-corrected chi connectivity index (χ4v) is 4.95. The highest BCUT2D eigenvalue weighted by molar-refractivity contribution is 6.21. The smallest absolute Gasteiger partial charge is 0.224 e. The summed E-state index contributed by atoms with van der Waals surface area (Å²) >= 11 is 0. The van der Waals surface area contributed by atoms with Crippen molar-refractivity contribution in [1.82, 2.24) is 9.80 Å². The molecule has 4 aromatic rings. The Labute approximate surface area is 200 Å². The lowest BCUT2D eigenvalue weighted by Crippen LogP contribution is -2.47. The van der Waals surface area contributed by atoms with Crippen molar-refractivity contribution >= 4 is 49.8 Å². The summed E-state index contributed by atoms with van der Waals surface area (Å²) in [6.07, 6.45) is 2.38. The van der Waals surface area contributed by atoms with Gasteiger partial charge in [0.2, 0.25) is 11.8 Å². The first-order valence-electron chi connectivity index (χ1n) is 12.2. The van der Waals surface area contributed by atoms with Crippen LogP contribution in [0.1, 0.15) is 25.7 Å². The van der Waals surface area contributed by atoms with Gasteiger partial charge in [0, 0.05) is 50.1 Å². The number of unbranched alkanes of at least 4 members (excludes halogenated alkanes) is 1. The predicted octanol–water partition coefficient (Wildman–Crippen LogP) is 5.42. The first-order chi connectivity index (χ1) is 16.6. The number of rotatable bonds is 6. The first kappa shape index (κ1) is 22.4. The number of carbonyl (C=O) groups excluding carboxylic acids is 2. The molecule has 1 N–H and O–H groups in total. The number of nitrogens with zero attached hydrogens (tertiary/aromatic N) is 2. The van der Waals surface area contributed by atoms with Gasteiger partial charge in [0.25, 0.3) is 0 Å². The van der Waals surface area contributed by atoms with Crippen LogP contribution in [0.15, 0.2) is 66.7 Å². The van der Waals surface area contributed by atoms with Crippen LogP contribution < -0.4 is 5.32 Å². The van der Waals surface area contributed by atoms with Crippen LogP contribution in [0.5, 0.6) is 0 Å². The summed E-state index contributed by atoms with van der Waals surface area (Å²) in [7, 11) is 2.08. The normalized spacial score (nSPS) is 14.7. The van der Waals surface area contributed by atoms with Crippen molar-refractivity contribution in [2.45, 2.75) is 25.7 Å². The second kappa shape index (κ2) is 9.82. The Morgan fingerprint density at radius 2 is 1.38 bits per heavy atom. The standard InChI is InChI=1S/C29H31N3O2/c1-31-16-18-32(19-17-31)29(34)13-7-6-12-28(33)30-27-20-26-22-9-3-2-8-21(22)14-15-24(26)23-10-4-5-11-25(23)27/h2-5,8-11,14-15,20H,6-7,12-13,16-19H2,1H3,(H,30,33). The Morgan fingerprint density at radius 1 is 0.735 bits per heavy atom. The topological polar surface area (TPSA) is 52.7 Å². The summed E-state index contributed by atoms with van der Waals surface area (Å²) < 4.78 is 0. The lowest BCUT2D eigenvalue weighted by Gasteiger charge is -2.32. The van der Waals surface area contributed by atoms with Crippen molar-refractivity contribution in [3.05, 3.63) is 66.7 Å². The molecule has 0 aliphatic carbocycles. The third-order valence-corrected chi connectivity index (χ3v) is 6.94. The highest BCUT2D eigenvalue weighted by atomic mass is 16.2. The number of carbonyl (C=O) groups is 2. The van der Waals surface area contributed by atoms with Gasteiger partial charge in [-0.25, -0.2) is 0 Å². The van der Waals surface area contributed by atoms with E-state index in [9.17, 15) is 9.59 Å². The van der Waals surface area contributed by atoms with E-state index in [2.05, 4.69) is 65.8 Å². The zero-order valence-electron chi connectivity index (χ0n) is 19.7. The zero-order valence-corrected chi connectivity index (χ0v) is 19.7. The number of fused-ring (bicyclic) bond motifs is 5. The minimum atomic E-state index is -0.00298. The molecule has 34 heavy (non-hydrogen) atoms. The number of benzene rings is 4. The van der Waals surface area contributed by atoms with Crippen molar-refractivity contribution in [3.8, 4) is 0 Å². The maximum absolute atomic E-state index is 12.8. The number of hydrogen-bond donors (Lipinski definition) is 1. The van der Waals surface area contributed by atoms with Crippen LogP contribution in [-0.4, -0.2) is 54.8 Å². The Kier molecular flexibility index (Phi) is 6.45. The van der Waals surface area contributed by atoms with Gasteiger partial charge in [-0.15, -0.1) is 0 Å². The van der Waals surface area contributed by atoms with E-state index in [0.29, 0.717) is 19.3 Å². The Hall–Kier alpha value is -3.44. The molecule has 5 nitrogen and oxygen atoms in total. The van der Waals surface area contributed by atoms with Gasteiger partial charge in [0.05, 0.1) is 0 Å². The number of anilines is 1. The molecule has 174 valence electrons. The third kappa shape index (κ3) is 4.62. The molecule has 0 bridgehead atoms. The van der Waals surface area contributed by atoms with E-state index in [1.165, 1.54) is 16.2 Å². The first-order valence-corrected chi connectivity index (χ1v) is 12.2. The largest absolute Gasteiger partial charge is 0.340 e. The van der Waals surface area contributed by atoms with Crippen LogP contribution in [0.3, 0.4) is 0 Å². The lowest BCUT2D eigenvalue weighted by molar-refractivity contribution is -0.133.